The van der Waals surface area contributed by atoms with Crippen molar-refractivity contribution in [2.24, 2.45) is 0 Å². The second-order valence-corrected chi connectivity index (χ2v) is 3.94. The lowest BCUT2D eigenvalue weighted by Crippen LogP contribution is -2.46. The molecule has 1 heterocycles. The molecule has 0 spiro atoms. The molecular formula is C12H15NO2. The zero-order valence-electron chi connectivity index (χ0n) is 8.85. The summed E-state index contributed by atoms with van der Waals surface area (Å²) in [4.78, 5) is 13.1. The monoisotopic (exact) mass is 205 g/mol. The minimum Gasteiger partial charge on any atom is -0.463 e. The molecule has 0 amide bonds. The lowest BCUT2D eigenvalue weighted by Gasteiger charge is -2.31. The Morgan fingerprint density at radius 3 is 2.80 bits per heavy atom. The van der Waals surface area contributed by atoms with E-state index in [-0.39, 0.29) is 5.97 Å². The van der Waals surface area contributed by atoms with Gasteiger partial charge < -0.3 is 4.74 Å². The zero-order chi connectivity index (χ0) is 10.7. The third-order valence-electron chi connectivity index (χ3n) is 2.75. The van der Waals surface area contributed by atoms with Crippen molar-refractivity contribution >= 4 is 5.97 Å². The smallest absolute Gasteiger partial charge is 0.320 e. The van der Waals surface area contributed by atoms with E-state index in [9.17, 15) is 4.79 Å². The van der Waals surface area contributed by atoms with E-state index in [2.05, 4.69) is 17.0 Å². The average molecular weight is 205 g/mol. The summed E-state index contributed by atoms with van der Waals surface area (Å²) in [6, 6.07) is 10.6. The van der Waals surface area contributed by atoms with E-state index in [1.165, 1.54) is 5.56 Å². The van der Waals surface area contributed by atoms with Crippen LogP contribution < -0.4 is 0 Å². The van der Waals surface area contributed by atoms with E-state index >= 15 is 0 Å². The van der Waals surface area contributed by atoms with Crippen LogP contribution in [0.1, 0.15) is 5.56 Å². The summed E-state index contributed by atoms with van der Waals surface area (Å²) in [6.07, 6.45) is 0.935. The van der Waals surface area contributed by atoms with Crippen LogP contribution in [0.2, 0.25) is 0 Å². The number of cyclic esters (lactones) is 1. The molecule has 1 aromatic rings. The molecule has 0 aromatic heterocycles. The molecule has 2 rings (SSSR count). The number of carbonyl (C=O) groups excluding carboxylic acids is 1. The van der Waals surface area contributed by atoms with Gasteiger partial charge in [0.05, 0.1) is 6.54 Å². The van der Waals surface area contributed by atoms with Crippen LogP contribution in [-0.4, -0.2) is 37.1 Å². The molecule has 0 aliphatic carbocycles. The molecular weight excluding hydrogens is 190 g/mol. The summed E-state index contributed by atoms with van der Waals surface area (Å²) >= 11 is 0. The Kier molecular flexibility index (Phi) is 3.02. The van der Waals surface area contributed by atoms with Crippen molar-refractivity contribution in [1.82, 2.24) is 4.90 Å². The molecule has 0 saturated carbocycles. The van der Waals surface area contributed by atoms with E-state index in [1.807, 2.05) is 25.2 Å². The number of hydrogen-bond donors (Lipinski definition) is 0. The van der Waals surface area contributed by atoms with Gasteiger partial charge in [0, 0.05) is 6.04 Å². The van der Waals surface area contributed by atoms with E-state index in [0.29, 0.717) is 19.2 Å². The van der Waals surface area contributed by atoms with Gasteiger partial charge in [0.15, 0.2) is 0 Å². The molecule has 0 bridgehead atoms. The molecule has 1 aliphatic rings. The van der Waals surface area contributed by atoms with Crippen LogP contribution >= 0.6 is 0 Å². The molecule has 1 aliphatic heterocycles. The van der Waals surface area contributed by atoms with Gasteiger partial charge in [-0.15, -0.1) is 0 Å². The van der Waals surface area contributed by atoms with Gasteiger partial charge in [-0.05, 0) is 19.0 Å². The maximum Gasteiger partial charge on any atom is 0.320 e. The van der Waals surface area contributed by atoms with Gasteiger partial charge in [0.2, 0.25) is 0 Å². The molecule has 0 radical (unpaired) electrons. The Labute approximate surface area is 89.7 Å². The number of morpholine rings is 1. The third kappa shape index (κ3) is 2.57. The molecule has 15 heavy (non-hydrogen) atoms. The highest BCUT2D eigenvalue weighted by molar-refractivity contribution is 5.72. The fourth-order valence-corrected chi connectivity index (χ4v) is 1.80. The number of likely N-dealkylation sites (N-methyl/N-ethyl adjacent to an activating group) is 1. The van der Waals surface area contributed by atoms with Gasteiger partial charge in [-0.2, -0.15) is 0 Å². The average Bonchev–Trinajstić information content (AvgIpc) is 2.24. The van der Waals surface area contributed by atoms with E-state index < -0.39 is 0 Å². The molecule has 1 aromatic carbocycles. The Hall–Kier alpha value is -1.35. The van der Waals surface area contributed by atoms with Crippen LogP contribution in [0.3, 0.4) is 0 Å². The van der Waals surface area contributed by atoms with Crippen molar-refractivity contribution in [3.05, 3.63) is 35.9 Å². The quantitative estimate of drug-likeness (QED) is 0.677. The van der Waals surface area contributed by atoms with Gasteiger partial charge in [-0.25, -0.2) is 0 Å². The first-order chi connectivity index (χ1) is 7.25. The minimum absolute atomic E-state index is 0.123. The molecule has 1 unspecified atom stereocenters. The lowest BCUT2D eigenvalue weighted by molar-refractivity contribution is -0.153. The Bertz CT molecular complexity index is 337. The van der Waals surface area contributed by atoms with Gasteiger partial charge >= 0.3 is 5.97 Å². The number of ether oxygens (including phenoxy) is 1. The van der Waals surface area contributed by atoms with Crippen LogP contribution in [0.4, 0.5) is 0 Å². The summed E-state index contributed by atoms with van der Waals surface area (Å²) in [5, 5.41) is 0. The van der Waals surface area contributed by atoms with Gasteiger partial charge in [0.25, 0.3) is 0 Å². The van der Waals surface area contributed by atoms with Crippen LogP contribution in [0.5, 0.6) is 0 Å². The molecule has 1 saturated heterocycles. The first-order valence-corrected chi connectivity index (χ1v) is 5.15. The Morgan fingerprint density at radius 2 is 2.13 bits per heavy atom. The topological polar surface area (TPSA) is 29.5 Å². The van der Waals surface area contributed by atoms with E-state index in [1.54, 1.807) is 0 Å². The van der Waals surface area contributed by atoms with Crippen molar-refractivity contribution in [3.8, 4) is 0 Å². The standard InChI is InChI=1S/C12H15NO2/c1-13-8-12(14)15-9-11(13)7-10-5-3-2-4-6-10/h2-6,11H,7-9H2,1H3. The van der Waals surface area contributed by atoms with Crippen molar-refractivity contribution in [2.45, 2.75) is 12.5 Å². The first kappa shape index (κ1) is 10.2. The van der Waals surface area contributed by atoms with Crippen molar-refractivity contribution in [3.63, 3.8) is 0 Å². The van der Waals surface area contributed by atoms with Crippen molar-refractivity contribution < 1.29 is 9.53 Å². The van der Waals surface area contributed by atoms with Gasteiger partial charge in [0.1, 0.15) is 6.61 Å². The summed E-state index contributed by atoms with van der Waals surface area (Å²) in [5.41, 5.74) is 1.28. The van der Waals surface area contributed by atoms with E-state index in [4.69, 9.17) is 4.74 Å². The molecule has 1 atom stereocenters. The SMILES string of the molecule is CN1CC(=O)OCC1Cc1ccccc1. The zero-order valence-corrected chi connectivity index (χ0v) is 8.85. The van der Waals surface area contributed by atoms with Gasteiger partial charge in [-0.3, -0.25) is 9.69 Å². The number of benzene rings is 1. The molecule has 3 heteroatoms. The summed E-state index contributed by atoms with van der Waals surface area (Å²) in [6.45, 7) is 0.904. The largest absolute Gasteiger partial charge is 0.463 e. The number of carbonyl (C=O) groups is 1. The minimum atomic E-state index is -0.123. The predicted octanol–water partition coefficient (Wildman–Crippen LogP) is 1.09. The van der Waals surface area contributed by atoms with Crippen molar-refractivity contribution in [2.75, 3.05) is 20.2 Å². The van der Waals surface area contributed by atoms with Crippen LogP contribution in [0.15, 0.2) is 30.3 Å². The third-order valence-corrected chi connectivity index (χ3v) is 2.75. The first-order valence-electron chi connectivity index (χ1n) is 5.15. The maximum absolute atomic E-state index is 11.0. The molecule has 0 N–H and O–H groups in total. The number of rotatable bonds is 2. The highest BCUT2D eigenvalue weighted by Gasteiger charge is 2.24. The normalized spacial score (nSPS) is 22.5. The van der Waals surface area contributed by atoms with E-state index in [0.717, 1.165) is 6.42 Å². The molecule has 3 nitrogen and oxygen atoms in total. The number of esters is 1. The van der Waals surface area contributed by atoms with Gasteiger partial charge in [-0.1, -0.05) is 30.3 Å². The molecule has 1 fully saturated rings. The summed E-state index contributed by atoms with van der Waals surface area (Å²) in [5.74, 6) is -0.123. The predicted molar refractivity (Wildman–Crippen MR) is 57.5 cm³/mol. The van der Waals surface area contributed by atoms with Crippen molar-refractivity contribution in [1.29, 1.82) is 0 Å². The Morgan fingerprint density at radius 1 is 1.40 bits per heavy atom. The summed E-state index contributed by atoms with van der Waals surface area (Å²) in [7, 11) is 1.97. The number of nitrogens with zero attached hydrogens (tertiary/aromatic N) is 1. The highest BCUT2D eigenvalue weighted by Crippen LogP contribution is 2.11. The summed E-state index contributed by atoms with van der Waals surface area (Å²) < 4.78 is 5.05. The second-order valence-electron chi connectivity index (χ2n) is 3.94. The number of hydrogen-bond acceptors (Lipinski definition) is 3. The van der Waals surface area contributed by atoms with Crippen LogP contribution in [0, 0.1) is 0 Å². The fourth-order valence-electron chi connectivity index (χ4n) is 1.80. The highest BCUT2D eigenvalue weighted by atomic mass is 16.5. The fraction of sp³-hybridized carbons (Fsp3) is 0.417. The molecule has 80 valence electrons. The lowest BCUT2D eigenvalue weighted by atomic mass is 10.0. The Balaban J connectivity index is 1.98. The van der Waals surface area contributed by atoms with Crippen LogP contribution in [-0.2, 0) is 16.0 Å². The second kappa shape index (κ2) is 4.45. The maximum atomic E-state index is 11.0. The van der Waals surface area contributed by atoms with Crippen LogP contribution in [0.25, 0.3) is 0 Å².